The summed E-state index contributed by atoms with van der Waals surface area (Å²) in [4.78, 5) is 9.91. The van der Waals surface area contributed by atoms with Crippen LogP contribution in [0.25, 0.3) is 88.3 Å². The van der Waals surface area contributed by atoms with Gasteiger partial charge in [-0.25, -0.2) is 9.97 Å². The summed E-state index contributed by atoms with van der Waals surface area (Å²) >= 11 is 0. The van der Waals surface area contributed by atoms with Gasteiger partial charge in [0, 0.05) is 56.0 Å². The molecular weight excluding hydrogens is 552 g/mol. The van der Waals surface area contributed by atoms with Gasteiger partial charge < -0.3 is 8.98 Å². The molecule has 210 valence electrons. The van der Waals surface area contributed by atoms with Crippen molar-refractivity contribution in [3.05, 3.63) is 146 Å². The minimum atomic E-state index is 0.640. The average Bonchev–Trinajstić information content (AvgIpc) is 3.75. The summed E-state index contributed by atoms with van der Waals surface area (Å²) in [6, 6.07) is 46.8. The lowest BCUT2D eigenvalue weighted by molar-refractivity contribution is 0.669. The van der Waals surface area contributed by atoms with Gasteiger partial charge in [-0.1, -0.05) is 78.9 Å². The van der Waals surface area contributed by atoms with Crippen molar-refractivity contribution in [3.8, 4) is 22.8 Å². The van der Waals surface area contributed by atoms with E-state index in [9.17, 15) is 0 Å². The molecule has 4 heterocycles. The molecule has 10 rings (SSSR count). The number of aromatic nitrogens is 4. The maximum atomic E-state index is 6.04. The fraction of sp³-hybridized carbons (Fsp3) is 0. The molecule has 4 aromatic heterocycles. The molecule has 5 nitrogen and oxygen atoms in total. The lowest BCUT2D eigenvalue weighted by Crippen LogP contribution is -2.01. The minimum absolute atomic E-state index is 0.640. The quantitative estimate of drug-likeness (QED) is 0.210. The molecule has 0 bridgehead atoms. The van der Waals surface area contributed by atoms with E-state index < -0.39 is 0 Å². The van der Waals surface area contributed by atoms with Crippen LogP contribution in [-0.4, -0.2) is 19.1 Å². The van der Waals surface area contributed by atoms with Crippen molar-refractivity contribution in [3.63, 3.8) is 0 Å². The van der Waals surface area contributed by atoms with E-state index in [0.717, 1.165) is 55.3 Å². The number of fused-ring (bicyclic) bond motifs is 9. The topological polar surface area (TPSA) is 48.8 Å². The van der Waals surface area contributed by atoms with E-state index in [-0.39, 0.29) is 0 Å². The molecule has 0 saturated carbocycles. The molecule has 6 aromatic carbocycles. The van der Waals surface area contributed by atoms with Crippen LogP contribution in [0.15, 0.2) is 150 Å². The minimum Gasteiger partial charge on any atom is -0.456 e. The average molecular weight is 577 g/mol. The lowest BCUT2D eigenvalue weighted by atomic mass is 10.1. The molecule has 45 heavy (non-hydrogen) atoms. The highest BCUT2D eigenvalue weighted by Gasteiger charge is 2.19. The van der Waals surface area contributed by atoms with Gasteiger partial charge in [-0.15, -0.1) is 0 Å². The Labute approximate surface area is 257 Å². The van der Waals surface area contributed by atoms with Gasteiger partial charge in [-0.3, -0.25) is 4.57 Å². The summed E-state index contributed by atoms with van der Waals surface area (Å²) < 4.78 is 10.6. The van der Waals surface area contributed by atoms with Gasteiger partial charge in [0.2, 0.25) is 5.95 Å². The Morgan fingerprint density at radius 3 is 1.76 bits per heavy atom. The van der Waals surface area contributed by atoms with Crippen molar-refractivity contribution in [1.29, 1.82) is 0 Å². The molecule has 0 atom stereocenters. The molecule has 5 heteroatoms. The molecule has 10 aromatic rings. The first-order valence-electron chi connectivity index (χ1n) is 15.1. The molecular formula is C40H24N4O. The number of nitrogens with zero attached hydrogens (tertiary/aromatic N) is 4. The fourth-order valence-electron chi connectivity index (χ4n) is 6.99. The van der Waals surface area contributed by atoms with Crippen LogP contribution >= 0.6 is 0 Å². The van der Waals surface area contributed by atoms with Crippen molar-refractivity contribution < 1.29 is 4.42 Å². The van der Waals surface area contributed by atoms with Gasteiger partial charge in [0.05, 0.1) is 22.1 Å². The number of rotatable bonds is 3. The van der Waals surface area contributed by atoms with Crippen molar-refractivity contribution in [2.75, 3.05) is 0 Å². The predicted octanol–water partition coefficient (Wildman–Crippen LogP) is 10.2. The summed E-state index contributed by atoms with van der Waals surface area (Å²) in [7, 11) is 0. The third kappa shape index (κ3) is 3.49. The molecule has 0 fully saturated rings. The lowest BCUT2D eigenvalue weighted by Gasteiger charge is -2.09. The Balaban J connectivity index is 1.19. The zero-order valence-corrected chi connectivity index (χ0v) is 24.1. The monoisotopic (exact) mass is 576 g/mol. The van der Waals surface area contributed by atoms with Crippen molar-refractivity contribution in [1.82, 2.24) is 19.1 Å². The van der Waals surface area contributed by atoms with Gasteiger partial charge in [0.1, 0.15) is 11.2 Å². The number of para-hydroxylation sites is 4. The molecule has 0 aliphatic rings. The van der Waals surface area contributed by atoms with E-state index in [0.29, 0.717) is 5.95 Å². The normalized spacial score (nSPS) is 12.0. The standard InChI is InChI=1S/C40H24N4O/c1-2-10-27(11-3-1)43-34-15-7-4-12-28(34)31-21-32-29-13-5-8-16-35(29)44(37(32)22-36(31)43)40-41-23-26(24-42-40)25-18-19-39-33(20-25)30-14-6-9-17-38(30)45-39/h1-24H. The summed E-state index contributed by atoms with van der Waals surface area (Å²) in [5, 5.41) is 7.01. The molecule has 0 aliphatic heterocycles. The van der Waals surface area contributed by atoms with Crippen LogP contribution in [0.4, 0.5) is 0 Å². The Bertz CT molecular complexity index is 2750. The van der Waals surface area contributed by atoms with Crippen LogP contribution in [0.3, 0.4) is 0 Å². The number of furan rings is 1. The van der Waals surface area contributed by atoms with Crippen molar-refractivity contribution >= 4 is 65.6 Å². The van der Waals surface area contributed by atoms with E-state index in [1.807, 2.05) is 36.7 Å². The Morgan fingerprint density at radius 2 is 1.00 bits per heavy atom. The summed E-state index contributed by atoms with van der Waals surface area (Å²) in [5.41, 5.74) is 9.40. The summed E-state index contributed by atoms with van der Waals surface area (Å²) in [6.45, 7) is 0. The van der Waals surface area contributed by atoms with Crippen molar-refractivity contribution in [2.45, 2.75) is 0 Å². The first kappa shape index (κ1) is 24.3. The van der Waals surface area contributed by atoms with E-state index in [1.165, 1.54) is 27.1 Å². The largest absolute Gasteiger partial charge is 0.456 e. The van der Waals surface area contributed by atoms with Crippen molar-refractivity contribution in [2.24, 2.45) is 0 Å². The van der Waals surface area contributed by atoms with Crippen LogP contribution in [0.2, 0.25) is 0 Å². The Hall–Kier alpha value is -6.20. The smallest absolute Gasteiger partial charge is 0.234 e. The zero-order valence-electron chi connectivity index (χ0n) is 24.1. The van der Waals surface area contributed by atoms with E-state index in [2.05, 4.69) is 118 Å². The summed E-state index contributed by atoms with van der Waals surface area (Å²) in [5.74, 6) is 0.640. The van der Waals surface area contributed by atoms with Gasteiger partial charge in [0.15, 0.2) is 0 Å². The molecule has 0 amide bonds. The van der Waals surface area contributed by atoms with E-state index in [4.69, 9.17) is 14.4 Å². The van der Waals surface area contributed by atoms with Crippen LogP contribution in [0.1, 0.15) is 0 Å². The molecule has 0 spiro atoms. The number of hydrogen-bond donors (Lipinski definition) is 0. The number of hydrogen-bond acceptors (Lipinski definition) is 3. The maximum absolute atomic E-state index is 6.04. The molecule has 0 aliphatic carbocycles. The second-order valence-electron chi connectivity index (χ2n) is 11.5. The van der Waals surface area contributed by atoms with Gasteiger partial charge >= 0.3 is 0 Å². The highest BCUT2D eigenvalue weighted by molar-refractivity contribution is 6.19. The van der Waals surface area contributed by atoms with E-state index in [1.54, 1.807) is 0 Å². The number of benzene rings is 6. The maximum Gasteiger partial charge on any atom is 0.234 e. The zero-order chi connectivity index (χ0) is 29.5. The molecule has 0 N–H and O–H groups in total. The SMILES string of the molecule is c1ccc(-n2c3ccccc3c3cc4c5ccccc5n(-c5ncc(-c6ccc7oc8ccccc8c7c6)cn5)c4cc32)cc1. The van der Waals surface area contributed by atoms with Crippen LogP contribution in [0, 0.1) is 0 Å². The Morgan fingerprint density at radius 1 is 0.400 bits per heavy atom. The molecule has 0 unspecified atom stereocenters. The highest BCUT2D eigenvalue weighted by atomic mass is 16.3. The Kier molecular flexibility index (Phi) is 4.93. The molecule has 0 radical (unpaired) electrons. The summed E-state index contributed by atoms with van der Waals surface area (Å²) in [6.07, 6.45) is 3.84. The van der Waals surface area contributed by atoms with E-state index >= 15 is 0 Å². The second kappa shape index (κ2) is 9.15. The van der Waals surface area contributed by atoms with Crippen LogP contribution in [-0.2, 0) is 0 Å². The third-order valence-corrected chi connectivity index (χ3v) is 9.03. The fourth-order valence-corrected chi connectivity index (χ4v) is 6.99. The van der Waals surface area contributed by atoms with Crippen LogP contribution < -0.4 is 0 Å². The predicted molar refractivity (Wildman–Crippen MR) is 183 cm³/mol. The highest BCUT2D eigenvalue weighted by Crippen LogP contribution is 2.39. The third-order valence-electron chi connectivity index (χ3n) is 9.03. The van der Waals surface area contributed by atoms with Gasteiger partial charge in [-0.05, 0) is 60.2 Å². The van der Waals surface area contributed by atoms with Crippen LogP contribution in [0.5, 0.6) is 0 Å². The van der Waals surface area contributed by atoms with Gasteiger partial charge in [0.25, 0.3) is 0 Å². The van der Waals surface area contributed by atoms with Gasteiger partial charge in [-0.2, -0.15) is 0 Å². The first-order chi connectivity index (χ1) is 22.3. The molecule has 0 saturated heterocycles. The second-order valence-corrected chi connectivity index (χ2v) is 11.5. The first-order valence-corrected chi connectivity index (χ1v) is 15.1.